The number of carbonyl (C=O) groups excluding carboxylic acids is 1. The van der Waals surface area contributed by atoms with Gasteiger partial charge in [0, 0.05) is 26.4 Å². The molecule has 0 radical (unpaired) electrons. The van der Waals surface area contributed by atoms with E-state index in [-0.39, 0.29) is 6.61 Å². The molecule has 204 valence electrons. The van der Waals surface area contributed by atoms with E-state index in [0.717, 1.165) is 28.6 Å². The van der Waals surface area contributed by atoms with E-state index < -0.39 is 0 Å². The van der Waals surface area contributed by atoms with Crippen LogP contribution in [0.1, 0.15) is 18.1 Å². The Labute approximate surface area is 230 Å². The van der Waals surface area contributed by atoms with Crippen molar-refractivity contribution in [1.29, 1.82) is 0 Å². The number of halogens is 1. The van der Waals surface area contributed by atoms with Gasteiger partial charge in [0.25, 0.3) is 0 Å². The first kappa shape index (κ1) is 32.3. The van der Waals surface area contributed by atoms with E-state index >= 15 is 0 Å². The smallest absolute Gasteiger partial charge is 0.174 e. The topological polar surface area (TPSA) is 111 Å². The third kappa shape index (κ3) is 11.6. The van der Waals surface area contributed by atoms with E-state index in [0.29, 0.717) is 23.2 Å². The number of hydrogen-bond donors (Lipinski definition) is 5. The first-order valence-corrected chi connectivity index (χ1v) is 12.6. The highest BCUT2D eigenvalue weighted by Gasteiger charge is 2.09. The van der Waals surface area contributed by atoms with Crippen molar-refractivity contribution >= 4 is 51.9 Å². The van der Waals surface area contributed by atoms with Crippen molar-refractivity contribution in [3.63, 3.8) is 0 Å². The maximum Gasteiger partial charge on any atom is 0.174 e. The summed E-state index contributed by atoms with van der Waals surface area (Å²) in [5.74, 6) is 1.34. The largest absolute Gasteiger partial charge is 0.397 e. The van der Waals surface area contributed by atoms with Crippen molar-refractivity contribution in [1.82, 2.24) is 15.3 Å². The molecule has 0 saturated heterocycles. The fourth-order valence-corrected chi connectivity index (χ4v) is 3.17. The average molecular weight is 539 g/mol. The number of anilines is 4. The first-order valence-electron chi connectivity index (χ1n) is 12.2. The predicted octanol–water partition coefficient (Wildman–Crippen LogP) is 5.82. The van der Waals surface area contributed by atoms with Crippen LogP contribution in [0, 0.1) is 13.8 Å². The van der Waals surface area contributed by atoms with Crippen LogP contribution >= 0.6 is 11.6 Å². The molecule has 0 saturated carbocycles. The summed E-state index contributed by atoms with van der Waals surface area (Å²) in [5, 5.41) is 20.3. The molecule has 0 aliphatic rings. The number of benzene rings is 3. The fraction of sp³-hybridized carbons (Fsp3) is 0.276. The van der Waals surface area contributed by atoms with E-state index in [1.54, 1.807) is 14.0 Å². The van der Waals surface area contributed by atoms with Gasteiger partial charge >= 0.3 is 0 Å². The highest BCUT2D eigenvalue weighted by atomic mass is 35.5. The fourth-order valence-electron chi connectivity index (χ4n) is 3.01. The lowest BCUT2D eigenvalue weighted by Gasteiger charge is -2.13. The number of aromatic nitrogens is 2. The quantitative estimate of drug-likeness (QED) is 0.195. The zero-order valence-electron chi connectivity index (χ0n) is 23.0. The summed E-state index contributed by atoms with van der Waals surface area (Å²) < 4.78 is 0. The van der Waals surface area contributed by atoms with Crippen LogP contribution in [0.2, 0.25) is 5.02 Å². The molecular formula is C29H39ClN6O2. The zero-order chi connectivity index (χ0) is 28.3. The van der Waals surface area contributed by atoms with Crippen molar-refractivity contribution in [2.45, 2.75) is 20.8 Å². The van der Waals surface area contributed by atoms with Crippen molar-refractivity contribution in [2.24, 2.45) is 0 Å². The number of carbonyl (C=O) groups is 1. The van der Waals surface area contributed by atoms with Gasteiger partial charge in [0.1, 0.15) is 6.29 Å². The van der Waals surface area contributed by atoms with Gasteiger partial charge < -0.3 is 31.2 Å². The Morgan fingerprint density at radius 1 is 0.842 bits per heavy atom. The molecule has 0 spiro atoms. The summed E-state index contributed by atoms with van der Waals surface area (Å²) in [4.78, 5) is 18.5. The van der Waals surface area contributed by atoms with Gasteiger partial charge in [-0.25, -0.2) is 9.97 Å². The maximum absolute atomic E-state index is 9.34. The third-order valence-electron chi connectivity index (χ3n) is 4.78. The zero-order valence-corrected chi connectivity index (χ0v) is 23.7. The van der Waals surface area contributed by atoms with Crippen LogP contribution in [0.15, 0.2) is 66.7 Å². The highest BCUT2D eigenvalue weighted by molar-refractivity contribution is 6.33. The van der Waals surface area contributed by atoms with E-state index in [2.05, 4.69) is 50.3 Å². The maximum atomic E-state index is 9.34. The average Bonchev–Trinajstić information content (AvgIpc) is 2.92. The van der Waals surface area contributed by atoms with Crippen molar-refractivity contribution in [3.05, 3.63) is 82.9 Å². The third-order valence-corrected chi connectivity index (χ3v) is 5.11. The Bertz CT molecular complexity index is 1250. The molecule has 0 aliphatic heterocycles. The number of para-hydroxylation sites is 2. The molecule has 3 aromatic carbocycles. The van der Waals surface area contributed by atoms with Crippen molar-refractivity contribution < 1.29 is 9.90 Å². The molecule has 1 aromatic heterocycles. The molecule has 0 amide bonds. The molecule has 38 heavy (non-hydrogen) atoms. The number of hydrogen-bond acceptors (Lipinski definition) is 8. The number of rotatable bonds is 6. The van der Waals surface area contributed by atoms with Gasteiger partial charge in [0.2, 0.25) is 0 Å². The van der Waals surface area contributed by atoms with Gasteiger partial charge in [-0.15, -0.1) is 0 Å². The Hall–Kier alpha value is -3.72. The molecule has 1 heterocycles. The van der Waals surface area contributed by atoms with Crippen LogP contribution < -0.4 is 21.3 Å². The highest BCUT2D eigenvalue weighted by Crippen LogP contribution is 2.29. The van der Waals surface area contributed by atoms with Crippen LogP contribution in [0.25, 0.3) is 11.0 Å². The Morgan fingerprint density at radius 2 is 1.45 bits per heavy atom. The normalized spacial score (nSPS) is 9.47. The molecule has 8 nitrogen and oxygen atoms in total. The number of aliphatic hydroxyl groups is 1. The second-order valence-electron chi connectivity index (χ2n) is 7.93. The first-order chi connectivity index (χ1) is 18.3. The Kier molecular flexibility index (Phi) is 15.7. The van der Waals surface area contributed by atoms with E-state index in [1.165, 1.54) is 11.3 Å². The van der Waals surface area contributed by atoms with Crippen LogP contribution in [-0.4, -0.2) is 55.7 Å². The SMILES string of the molecule is CCO.CNCC=O.CNc1cccc(C)c1.CNc1nc2ccccc2nc1Nc1cc(C)ccc1Cl. The van der Waals surface area contributed by atoms with Crippen molar-refractivity contribution in [3.8, 4) is 0 Å². The Morgan fingerprint density at radius 3 is 1.92 bits per heavy atom. The van der Waals surface area contributed by atoms with Crippen LogP contribution in [-0.2, 0) is 4.79 Å². The minimum Gasteiger partial charge on any atom is -0.397 e. The van der Waals surface area contributed by atoms with E-state index in [4.69, 9.17) is 16.7 Å². The summed E-state index contributed by atoms with van der Waals surface area (Å²) in [5.41, 5.74) is 6.10. The van der Waals surface area contributed by atoms with Gasteiger partial charge in [-0.1, -0.05) is 41.9 Å². The van der Waals surface area contributed by atoms with Crippen LogP contribution in [0.4, 0.5) is 23.0 Å². The van der Waals surface area contributed by atoms with Gasteiger partial charge in [-0.3, -0.25) is 0 Å². The van der Waals surface area contributed by atoms with Crippen LogP contribution in [0.3, 0.4) is 0 Å². The van der Waals surface area contributed by atoms with E-state index in [1.807, 2.05) is 75.6 Å². The second-order valence-corrected chi connectivity index (χ2v) is 8.34. The second kappa shape index (κ2) is 18.5. The number of aldehydes is 1. The molecule has 0 aliphatic carbocycles. The molecule has 4 rings (SSSR count). The number of fused-ring (bicyclic) bond motifs is 1. The molecule has 0 atom stereocenters. The monoisotopic (exact) mass is 538 g/mol. The number of aliphatic hydroxyl groups excluding tert-OH is 1. The molecule has 9 heteroatoms. The molecule has 0 fully saturated rings. The minimum absolute atomic E-state index is 0.250. The number of likely N-dealkylation sites (N-methyl/N-ethyl adjacent to an activating group) is 1. The summed E-state index contributed by atoms with van der Waals surface area (Å²) >= 11 is 6.23. The lowest BCUT2D eigenvalue weighted by molar-refractivity contribution is -0.107. The molecule has 0 unspecified atom stereocenters. The van der Waals surface area contributed by atoms with Gasteiger partial charge in [-0.05, 0) is 75.3 Å². The minimum atomic E-state index is 0.250. The van der Waals surface area contributed by atoms with Gasteiger partial charge in [-0.2, -0.15) is 0 Å². The molecular weight excluding hydrogens is 500 g/mol. The standard InChI is InChI=1S/C16H15ClN4.C8H11N.C3H7NO.C2H6O/c1-10-7-8-11(17)14(9-10)21-16-15(18-2)19-12-5-3-4-6-13(12)20-16;1-7-4-3-5-8(6-7)9-2;1-4-2-3-5;1-2-3/h3-9H,1-2H3,(H,18,19)(H,20,21);3-6,9H,1-2H3;3-4H,2H2,1H3;3H,2H2,1H3. The van der Waals surface area contributed by atoms with Crippen LogP contribution in [0.5, 0.6) is 0 Å². The summed E-state index contributed by atoms with van der Waals surface area (Å²) in [6.45, 7) is 6.49. The van der Waals surface area contributed by atoms with Crippen molar-refractivity contribution in [2.75, 3.05) is 50.2 Å². The molecule has 4 aromatic rings. The number of aryl methyl sites for hydroxylation is 2. The molecule has 0 bridgehead atoms. The lowest BCUT2D eigenvalue weighted by atomic mass is 10.2. The number of nitrogens with zero attached hydrogens (tertiary/aromatic N) is 2. The van der Waals surface area contributed by atoms with E-state index in [9.17, 15) is 4.79 Å². The summed E-state index contributed by atoms with van der Waals surface area (Å²) in [7, 11) is 5.48. The summed E-state index contributed by atoms with van der Waals surface area (Å²) in [6.07, 6.45) is 0.819. The lowest BCUT2D eigenvalue weighted by Crippen LogP contribution is -2.07. The van der Waals surface area contributed by atoms with Gasteiger partial charge in [0.15, 0.2) is 11.6 Å². The predicted molar refractivity (Wildman–Crippen MR) is 162 cm³/mol. The van der Waals surface area contributed by atoms with Gasteiger partial charge in [0.05, 0.1) is 28.3 Å². The number of nitrogens with one attached hydrogen (secondary N) is 4. The summed E-state index contributed by atoms with van der Waals surface area (Å²) in [6, 6.07) is 21.9. The Balaban J connectivity index is 0.000000350. The molecule has 5 N–H and O–H groups in total.